The van der Waals surface area contributed by atoms with Gasteiger partial charge in [0.1, 0.15) is 0 Å². The van der Waals surface area contributed by atoms with Gasteiger partial charge in [-0.25, -0.2) is 9.78 Å². The van der Waals surface area contributed by atoms with Gasteiger partial charge < -0.3 is 15.2 Å². The van der Waals surface area contributed by atoms with Crippen LogP contribution in [-0.2, 0) is 14.1 Å². The molecule has 2 aromatic heterocycles. The van der Waals surface area contributed by atoms with Gasteiger partial charge in [-0.15, -0.1) is 0 Å². The average Bonchev–Trinajstić information content (AvgIpc) is 2.83. The van der Waals surface area contributed by atoms with E-state index in [-0.39, 0.29) is 6.42 Å². The predicted molar refractivity (Wildman–Crippen MR) is 74.8 cm³/mol. The third-order valence-corrected chi connectivity index (χ3v) is 3.88. The second-order valence-corrected chi connectivity index (χ2v) is 5.50. The van der Waals surface area contributed by atoms with E-state index < -0.39 is 17.5 Å². The number of hydrogen-bond donors (Lipinski definition) is 3. The van der Waals surface area contributed by atoms with E-state index in [1.807, 2.05) is 0 Å². The van der Waals surface area contributed by atoms with Crippen LogP contribution < -0.4 is 11.2 Å². The summed E-state index contributed by atoms with van der Waals surface area (Å²) in [5.74, 6) is 0.631. The van der Waals surface area contributed by atoms with Crippen molar-refractivity contribution in [2.45, 2.75) is 24.3 Å². The first-order valence-electron chi connectivity index (χ1n) is 6.06. The second-order valence-electron chi connectivity index (χ2n) is 4.42. The number of nitrogens with one attached hydrogen (secondary N) is 1. The van der Waals surface area contributed by atoms with Gasteiger partial charge in [0.15, 0.2) is 22.6 Å². The highest BCUT2D eigenvalue weighted by atomic mass is 32.2. The zero-order valence-electron chi connectivity index (χ0n) is 11.2. The Morgan fingerprint density at radius 1 is 1.30 bits per heavy atom. The van der Waals surface area contributed by atoms with E-state index in [0.717, 1.165) is 4.57 Å². The number of hydrogen-bond acceptors (Lipinski definition) is 6. The van der Waals surface area contributed by atoms with Gasteiger partial charge in [0.05, 0.1) is 0 Å². The lowest BCUT2D eigenvalue weighted by Gasteiger charge is -2.01. The summed E-state index contributed by atoms with van der Waals surface area (Å²) in [6, 6.07) is 0. The van der Waals surface area contributed by atoms with Gasteiger partial charge in [-0.2, -0.15) is 0 Å². The van der Waals surface area contributed by atoms with Gasteiger partial charge in [0.25, 0.3) is 5.56 Å². The Balaban J connectivity index is 2.26. The fraction of sp³-hybridized carbons (Fsp3) is 0.545. The molecule has 8 nitrogen and oxygen atoms in total. The monoisotopic (exact) mass is 300 g/mol. The Morgan fingerprint density at radius 3 is 2.65 bits per heavy atom. The molecular formula is C11H16N4O4S. The number of imidazole rings is 1. The van der Waals surface area contributed by atoms with Crippen LogP contribution in [0.3, 0.4) is 0 Å². The number of thioether (sulfide) groups is 1. The zero-order chi connectivity index (χ0) is 14.9. The number of nitrogens with zero attached hydrogens (tertiary/aromatic N) is 3. The van der Waals surface area contributed by atoms with Crippen molar-refractivity contribution >= 4 is 22.9 Å². The van der Waals surface area contributed by atoms with Crippen LogP contribution in [0.2, 0.25) is 0 Å². The maximum Gasteiger partial charge on any atom is 0.332 e. The van der Waals surface area contributed by atoms with Crippen LogP contribution in [0.25, 0.3) is 11.2 Å². The van der Waals surface area contributed by atoms with Crippen molar-refractivity contribution in [1.29, 1.82) is 0 Å². The highest BCUT2D eigenvalue weighted by Crippen LogP contribution is 2.18. The molecule has 0 saturated carbocycles. The Hall–Kier alpha value is -1.58. The third-order valence-electron chi connectivity index (χ3n) is 2.92. The molecule has 0 atom stereocenters. The molecule has 2 aromatic rings. The minimum absolute atomic E-state index is 0.285. The molecule has 0 aromatic carbocycles. The number of aromatic amines is 1. The number of aromatic nitrogens is 4. The lowest BCUT2D eigenvalue weighted by molar-refractivity contribution is -0.0451. The van der Waals surface area contributed by atoms with Gasteiger partial charge in [0, 0.05) is 19.8 Å². The van der Waals surface area contributed by atoms with Crippen molar-refractivity contribution in [3.05, 3.63) is 20.8 Å². The first kappa shape index (κ1) is 14.8. The van der Waals surface area contributed by atoms with Crippen LogP contribution >= 0.6 is 11.8 Å². The van der Waals surface area contributed by atoms with Crippen molar-refractivity contribution in [2.24, 2.45) is 14.1 Å². The lowest BCUT2D eigenvalue weighted by Crippen LogP contribution is -2.36. The van der Waals surface area contributed by atoms with Crippen LogP contribution in [-0.4, -0.2) is 41.4 Å². The van der Waals surface area contributed by atoms with Crippen LogP contribution in [0, 0.1) is 0 Å². The number of aryl methyl sites for hydroxylation is 1. The van der Waals surface area contributed by atoms with Crippen molar-refractivity contribution in [3.8, 4) is 0 Å². The molecule has 0 aliphatic carbocycles. The van der Waals surface area contributed by atoms with Gasteiger partial charge >= 0.3 is 5.69 Å². The minimum Gasteiger partial charge on any atom is -0.368 e. The van der Waals surface area contributed by atoms with Gasteiger partial charge in [0.2, 0.25) is 0 Å². The molecule has 0 saturated heterocycles. The van der Waals surface area contributed by atoms with Crippen LogP contribution in [0.5, 0.6) is 0 Å². The largest absolute Gasteiger partial charge is 0.368 e. The first-order chi connectivity index (χ1) is 9.41. The standard InChI is InChI=1S/C11H16N4O4S/c1-14-8-7(9(18)15(2)11(14)19)12-10(13-8)20-5-3-4-6(16)17/h6,16-17H,3-5H2,1-2H3,(H,12,13). The zero-order valence-corrected chi connectivity index (χ0v) is 12.0. The summed E-state index contributed by atoms with van der Waals surface area (Å²) < 4.78 is 2.34. The molecule has 2 rings (SSSR count). The molecule has 0 unspecified atom stereocenters. The molecule has 0 aliphatic rings. The molecule has 20 heavy (non-hydrogen) atoms. The Morgan fingerprint density at radius 2 is 2.00 bits per heavy atom. The van der Waals surface area contributed by atoms with E-state index in [0.29, 0.717) is 28.5 Å². The molecule has 0 aliphatic heterocycles. The van der Waals surface area contributed by atoms with Crippen LogP contribution in [0.1, 0.15) is 12.8 Å². The summed E-state index contributed by atoms with van der Waals surface area (Å²) in [7, 11) is 2.97. The van der Waals surface area contributed by atoms with Gasteiger partial charge in [-0.3, -0.25) is 13.9 Å². The molecule has 0 radical (unpaired) electrons. The topological polar surface area (TPSA) is 113 Å². The van der Waals surface area contributed by atoms with E-state index >= 15 is 0 Å². The number of fused-ring (bicyclic) bond motifs is 1. The molecule has 2 heterocycles. The smallest absolute Gasteiger partial charge is 0.332 e. The molecule has 3 N–H and O–H groups in total. The van der Waals surface area contributed by atoms with Gasteiger partial charge in [-0.1, -0.05) is 11.8 Å². The van der Waals surface area contributed by atoms with E-state index in [9.17, 15) is 9.59 Å². The van der Waals surface area contributed by atoms with E-state index in [1.165, 1.54) is 23.4 Å². The molecule has 0 bridgehead atoms. The number of aliphatic hydroxyl groups is 2. The summed E-state index contributed by atoms with van der Waals surface area (Å²) in [6.07, 6.45) is -0.413. The van der Waals surface area contributed by atoms with Crippen LogP contribution in [0.4, 0.5) is 0 Å². The van der Waals surface area contributed by atoms with Crippen molar-refractivity contribution < 1.29 is 10.2 Å². The van der Waals surface area contributed by atoms with Crippen molar-refractivity contribution in [3.63, 3.8) is 0 Å². The SMILES string of the molecule is Cn1c(=O)c2[nH]c(SCCCC(O)O)nc2n(C)c1=O. The minimum atomic E-state index is -1.31. The van der Waals surface area contributed by atoms with Crippen LogP contribution in [0.15, 0.2) is 14.7 Å². The molecule has 0 spiro atoms. The maximum absolute atomic E-state index is 11.9. The number of H-pyrrole nitrogens is 1. The molecular weight excluding hydrogens is 284 g/mol. The molecule has 0 amide bonds. The highest BCUT2D eigenvalue weighted by Gasteiger charge is 2.13. The van der Waals surface area contributed by atoms with E-state index in [2.05, 4.69) is 9.97 Å². The molecule has 110 valence electrons. The maximum atomic E-state index is 11.9. The summed E-state index contributed by atoms with van der Waals surface area (Å²) in [5.41, 5.74) is -0.218. The Bertz CT molecular complexity index is 730. The lowest BCUT2D eigenvalue weighted by atomic mass is 10.3. The fourth-order valence-corrected chi connectivity index (χ4v) is 2.64. The average molecular weight is 300 g/mol. The molecule has 9 heteroatoms. The van der Waals surface area contributed by atoms with E-state index in [1.54, 1.807) is 7.05 Å². The highest BCUT2D eigenvalue weighted by molar-refractivity contribution is 7.99. The fourth-order valence-electron chi connectivity index (χ4n) is 1.81. The van der Waals surface area contributed by atoms with E-state index in [4.69, 9.17) is 10.2 Å². The summed E-state index contributed by atoms with van der Waals surface area (Å²) in [5, 5.41) is 18.0. The number of aliphatic hydroxyl groups excluding tert-OH is 1. The Labute approximate surface area is 118 Å². The second kappa shape index (κ2) is 5.81. The van der Waals surface area contributed by atoms with Gasteiger partial charge in [-0.05, 0) is 12.8 Å². The Kier molecular flexibility index (Phi) is 4.31. The third kappa shape index (κ3) is 2.79. The predicted octanol–water partition coefficient (Wildman–Crippen LogP) is -0.857. The summed E-state index contributed by atoms with van der Waals surface area (Å²) >= 11 is 1.36. The van der Waals surface area contributed by atoms with Crippen molar-refractivity contribution in [2.75, 3.05) is 5.75 Å². The quantitative estimate of drug-likeness (QED) is 0.376. The molecule has 0 fully saturated rings. The summed E-state index contributed by atoms with van der Waals surface area (Å²) in [4.78, 5) is 30.8. The number of rotatable bonds is 5. The summed E-state index contributed by atoms with van der Waals surface area (Å²) in [6.45, 7) is 0. The van der Waals surface area contributed by atoms with Crippen molar-refractivity contribution in [1.82, 2.24) is 19.1 Å². The normalized spacial score (nSPS) is 11.7. The first-order valence-corrected chi connectivity index (χ1v) is 7.05.